The fourth-order valence-corrected chi connectivity index (χ4v) is 3.50. The summed E-state index contributed by atoms with van der Waals surface area (Å²) in [5.41, 5.74) is 3.93. The molecule has 1 saturated heterocycles. The highest BCUT2D eigenvalue weighted by Crippen LogP contribution is 2.37. The molecule has 2 aliphatic rings. The lowest BCUT2D eigenvalue weighted by atomic mass is 9.91. The minimum Gasteiger partial charge on any atom is -0.444 e. The van der Waals surface area contributed by atoms with Gasteiger partial charge in [-0.2, -0.15) is 0 Å². The lowest BCUT2D eigenvalue weighted by molar-refractivity contribution is 0.0218. The molecule has 1 unspecified atom stereocenters. The van der Waals surface area contributed by atoms with Crippen molar-refractivity contribution in [3.63, 3.8) is 0 Å². The van der Waals surface area contributed by atoms with Gasteiger partial charge >= 0.3 is 6.09 Å². The van der Waals surface area contributed by atoms with Crippen molar-refractivity contribution in [2.24, 2.45) is 0 Å². The van der Waals surface area contributed by atoms with Crippen molar-refractivity contribution in [3.8, 4) is 0 Å². The maximum Gasteiger partial charge on any atom is 0.410 e. The van der Waals surface area contributed by atoms with Gasteiger partial charge in [-0.15, -0.1) is 0 Å². The summed E-state index contributed by atoms with van der Waals surface area (Å²) in [5.74, 6) is 0.873. The second kappa shape index (κ2) is 6.11. The number of amides is 1. The number of aromatic amines is 1. The molecule has 1 atom stereocenters. The summed E-state index contributed by atoms with van der Waals surface area (Å²) in [5, 5.41) is 0. The molecule has 1 aliphatic carbocycles. The van der Waals surface area contributed by atoms with Crippen LogP contribution in [0.15, 0.2) is 18.2 Å². The molecule has 24 heavy (non-hydrogen) atoms. The first-order valence-corrected chi connectivity index (χ1v) is 8.73. The maximum absolute atomic E-state index is 12.5. The van der Waals surface area contributed by atoms with Crippen molar-refractivity contribution in [2.75, 3.05) is 6.54 Å². The van der Waals surface area contributed by atoms with Gasteiger partial charge in [-0.25, -0.2) is 9.78 Å². The van der Waals surface area contributed by atoms with Crippen molar-refractivity contribution in [3.05, 3.63) is 35.4 Å². The van der Waals surface area contributed by atoms with Gasteiger partial charge in [0.25, 0.3) is 0 Å². The van der Waals surface area contributed by atoms with Gasteiger partial charge in [-0.1, -0.05) is 12.7 Å². The number of nitrogens with one attached hydrogen (secondary N) is 1. The second-order valence-corrected chi connectivity index (χ2v) is 7.59. The number of rotatable bonds is 1. The fraction of sp³-hybridized carbons (Fsp3) is 0.579. The molecule has 1 amide bonds. The van der Waals surface area contributed by atoms with Gasteiger partial charge in [-0.3, -0.25) is 4.90 Å². The molecule has 2 heterocycles. The van der Waals surface area contributed by atoms with E-state index in [-0.39, 0.29) is 12.1 Å². The molecule has 1 aromatic rings. The van der Waals surface area contributed by atoms with Crippen LogP contribution in [0.1, 0.15) is 70.2 Å². The number of aryl methyl sites for hydroxylation is 1. The van der Waals surface area contributed by atoms with Gasteiger partial charge in [0, 0.05) is 17.8 Å². The van der Waals surface area contributed by atoms with Gasteiger partial charge in [0.05, 0.1) is 11.7 Å². The number of nitrogens with zero attached hydrogens (tertiary/aromatic N) is 2. The van der Waals surface area contributed by atoms with E-state index < -0.39 is 5.60 Å². The Balaban J connectivity index is 1.87. The van der Waals surface area contributed by atoms with Crippen LogP contribution in [0.2, 0.25) is 0 Å². The predicted octanol–water partition coefficient (Wildman–Crippen LogP) is 4.39. The normalized spacial score (nSPS) is 22.8. The van der Waals surface area contributed by atoms with E-state index in [4.69, 9.17) is 9.72 Å². The van der Waals surface area contributed by atoms with E-state index in [0.29, 0.717) is 6.54 Å². The molecule has 1 aromatic heterocycles. The highest BCUT2D eigenvalue weighted by molar-refractivity contribution is 5.79. The predicted molar refractivity (Wildman–Crippen MR) is 94.6 cm³/mol. The first kappa shape index (κ1) is 16.8. The van der Waals surface area contributed by atoms with Gasteiger partial charge in [-0.05, 0) is 59.0 Å². The molecule has 0 spiro atoms. The molecular formula is C19H27N3O2. The molecule has 1 aliphatic heterocycles. The quantitative estimate of drug-likeness (QED) is 0.831. The third-order valence-electron chi connectivity index (χ3n) is 4.59. The highest BCUT2D eigenvalue weighted by Gasteiger charge is 2.36. The van der Waals surface area contributed by atoms with Crippen LogP contribution in [-0.4, -0.2) is 33.1 Å². The Morgan fingerprint density at radius 2 is 2.17 bits per heavy atom. The zero-order valence-corrected chi connectivity index (χ0v) is 15.1. The topological polar surface area (TPSA) is 58.2 Å². The summed E-state index contributed by atoms with van der Waals surface area (Å²) in [6, 6.07) is -0.0307. The van der Waals surface area contributed by atoms with Crippen molar-refractivity contribution >= 4 is 11.7 Å². The second-order valence-electron chi connectivity index (χ2n) is 7.59. The first-order chi connectivity index (χ1) is 11.3. The van der Waals surface area contributed by atoms with E-state index >= 15 is 0 Å². The van der Waals surface area contributed by atoms with E-state index in [0.717, 1.165) is 54.0 Å². The van der Waals surface area contributed by atoms with Crippen molar-refractivity contribution < 1.29 is 9.53 Å². The zero-order valence-electron chi connectivity index (χ0n) is 15.1. The first-order valence-electron chi connectivity index (χ1n) is 8.73. The molecule has 3 rings (SSSR count). The molecule has 5 heteroatoms. The molecule has 0 saturated carbocycles. The van der Waals surface area contributed by atoms with E-state index in [1.54, 1.807) is 4.90 Å². The van der Waals surface area contributed by atoms with Crippen LogP contribution >= 0.6 is 0 Å². The van der Waals surface area contributed by atoms with Crippen LogP contribution in [0.25, 0.3) is 5.57 Å². The number of imidazole rings is 1. The number of carbonyl (C=O) groups is 1. The summed E-state index contributed by atoms with van der Waals surface area (Å²) in [6.07, 6.45) is 5.59. The largest absolute Gasteiger partial charge is 0.444 e. The van der Waals surface area contributed by atoms with Gasteiger partial charge in [0.15, 0.2) is 0 Å². The Morgan fingerprint density at radius 3 is 2.83 bits per heavy atom. The number of fused-ring (bicyclic) bond motifs is 1. The zero-order chi connectivity index (χ0) is 17.5. The van der Waals surface area contributed by atoms with Gasteiger partial charge in [0.2, 0.25) is 0 Å². The van der Waals surface area contributed by atoms with Gasteiger partial charge in [0.1, 0.15) is 11.4 Å². The lowest BCUT2D eigenvalue weighted by Crippen LogP contribution is -2.36. The average molecular weight is 329 g/mol. The van der Waals surface area contributed by atoms with Crippen LogP contribution < -0.4 is 0 Å². The molecule has 130 valence electrons. The number of hydrogen-bond donors (Lipinski definition) is 1. The number of ether oxygens (including phenoxy) is 1. The fourth-order valence-electron chi connectivity index (χ4n) is 3.50. The summed E-state index contributed by atoms with van der Waals surface area (Å²) in [6.45, 7) is 12.6. The number of allylic oxidation sites excluding steroid dienone is 3. The van der Waals surface area contributed by atoms with E-state index in [9.17, 15) is 4.79 Å². The van der Waals surface area contributed by atoms with E-state index in [2.05, 4.69) is 17.6 Å². The molecule has 0 radical (unpaired) electrons. The lowest BCUT2D eigenvalue weighted by Gasteiger charge is -2.27. The molecule has 5 nitrogen and oxygen atoms in total. The Morgan fingerprint density at radius 1 is 1.42 bits per heavy atom. The Bertz CT molecular complexity index is 694. The van der Waals surface area contributed by atoms with Gasteiger partial charge < -0.3 is 9.72 Å². The monoisotopic (exact) mass is 329 g/mol. The van der Waals surface area contributed by atoms with E-state index in [1.807, 2.05) is 27.7 Å². The SMILES string of the molecule is C=C1CCc2[nH]c(C3CCCN3C(=O)OC(C)(C)C)nc2C1=CC. The number of hydrogen-bond acceptors (Lipinski definition) is 3. The minimum absolute atomic E-state index is 0.0307. The van der Waals surface area contributed by atoms with Crippen molar-refractivity contribution in [1.82, 2.24) is 14.9 Å². The van der Waals surface area contributed by atoms with Crippen LogP contribution in [0.4, 0.5) is 4.79 Å². The molecule has 0 bridgehead atoms. The molecule has 0 aromatic carbocycles. The van der Waals surface area contributed by atoms with Crippen LogP contribution in [0.3, 0.4) is 0 Å². The summed E-state index contributed by atoms with van der Waals surface area (Å²) in [7, 11) is 0. The third-order valence-corrected chi connectivity index (χ3v) is 4.59. The van der Waals surface area contributed by atoms with Crippen molar-refractivity contribution in [1.29, 1.82) is 0 Å². The Labute approximate surface area is 143 Å². The summed E-state index contributed by atoms with van der Waals surface area (Å²) in [4.78, 5) is 22.6. The van der Waals surface area contributed by atoms with Crippen LogP contribution in [-0.2, 0) is 11.2 Å². The average Bonchev–Trinajstić information content (AvgIpc) is 3.11. The Hall–Kier alpha value is -2.04. The van der Waals surface area contributed by atoms with E-state index in [1.165, 1.54) is 0 Å². The summed E-state index contributed by atoms with van der Waals surface area (Å²) < 4.78 is 5.55. The number of aromatic nitrogens is 2. The maximum atomic E-state index is 12.5. The molecule has 1 fully saturated rings. The highest BCUT2D eigenvalue weighted by atomic mass is 16.6. The third kappa shape index (κ3) is 3.12. The van der Waals surface area contributed by atoms with Crippen molar-refractivity contribution in [2.45, 2.75) is 65.0 Å². The Kier molecular flexibility index (Phi) is 4.28. The smallest absolute Gasteiger partial charge is 0.410 e. The number of H-pyrrole nitrogens is 1. The number of carbonyl (C=O) groups excluding carboxylic acids is 1. The molecular weight excluding hydrogens is 302 g/mol. The van der Waals surface area contributed by atoms with Crippen LogP contribution in [0, 0.1) is 0 Å². The minimum atomic E-state index is -0.484. The molecule has 1 N–H and O–H groups in total. The standard InChI is InChI=1S/C19H27N3O2/c1-6-13-12(2)9-10-14-16(13)21-17(20-14)15-8-7-11-22(15)18(23)24-19(3,4)5/h6,15H,2,7-11H2,1,3-5H3,(H,20,21). The number of likely N-dealkylation sites (tertiary alicyclic amines) is 1. The van der Waals surface area contributed by atoms with Crippen LogP contribution in [0.5, 0.6) is 0 Å². The summed E-state index contributed by atoms with van der Waals surface area (Å²) >= 11 is 0.